The molecule has 3 rings (SSSR count). The fourth-order valence-corrected chi connectivity index (χ4v) is 2.21. The molecule has 1 fully saturated rings. The Hall–Kier alpha value is -2.84. The van der Waals surface area contributed by atoms with Gasteiger partial charge >= 0.3 is 12.1 Å². The average Bonchev–Trinajstić information content (AvgIpc) is 3.13. The zero-order valence-corrected chi connectivity index (χ0v) is 12.2. The third-order valence-electron chi connectivity index (χ3n) is 3.77. The number of halogens is 3. The molecule has 1 aliphatic rings. The van der Waals surface area contributed by atoms with E-state index in [9.17, 15) is 22.8 Å². The summed E-state index contributed by atoms with van der Waals surface area (Å²) in [7, 11) is 0. The van der Waals surface area contributed by atoms with E-state index in [1.54, 1.807) is 0 Å². The molecular weight excluding hydrogens is 327 g/mol. The molecule has 126 valence electrons. The van der Waals surface area contributed by atoms with Crippen molar-refractivity contribution in [2.45, 2.75) is 24.6 Å². The van der Waals surface area contributed by atoms with Gasteiger partial charge in [0.2, 0.25) is 0 Å². The number of rotatable bonds is 4. The summed E-state index contributed by atoms with van der Waals surface area (Å²) in [5.74, 6) is -1.80. The lowest BCUT2D eigenvalue weighted by molar-refractivity contribution is -0.140. The van der Waals surface area contributed by atoms with Crippen molar-refractivity contribution in [3.8, 4) is 5.69 Å². The Labute approximate surface area is 133 Å². The first-order valence-corrected chi connectivity index (χ1v) is 7.00. The second kappa shape index (κ2) is 5.36. The van der Waals surface area contributed by atoms with Crippen molar-refractivity contribution in [1.82, 2.24) is 15.1 Å². The summed E-state index contributed by atoms with van der Waals surface area (Å²) in [6.07, 6.45) is -2.47. The van der Waals surface area contributed by atoms with Crippen molar-refractivity contribution in [2.75, 3.05) is 0 Å². The number of hydrogen-bond donors (Lipinski definition) is 2. The van der Waals surface area contributed by atoms with Crippen molar-refractivity contribution >= 4 is 11.9 Å². The Morgan fingerprint density at radius 2 is 1.96 bits per heavy atom. The van der Waals surface area contributed by atoms with Gasteiger partial charge in [-0.3, -0.25) is 4.79 Å². The van der Waals surface area contributed by atoms with Crippen LogP contribution in [0.5, 0.6) is 0 Å². The maximum atomic E-state index is 12.7. The highest BCUT2D eigenvalue weighted by Crippen LogP contribution is 2.35. The first-order valence-electron chi connectivity index (χ1n) is 7.00. The van der Waals surface area contributed by atoms with Gasteiger partial charge in [-0.25, -0.2) is 9.48 Å². The molecule has 6 nitrogen and oxygen atoms in total. The van der Waals surface area contributed by atoms with Gasteiger partial charge in [0.1, 0.15) is 5.54 Å². The van der Waals surface area contributed by atoms with Gasteiger partial charge in [-0.05, 0) is 37.1 Å². The predicted octanol–water partition coefficient (Wildman–Crippen LogP) is 2.24. The highest BCUT2D eigenvalue weighted by Gasteiger charge is 2.51. The summed E-state index contributed by atoms with van der Waals surface area (Å²) in [4.78, 5) is 23.1. The monoisotopic (exact) mass is 339 g/mol. The number of hydrogen-bond acceptors (Lipinski definition) is 3. The number of benzene rings is 1. The predicted molar refractivity (Wildman–Crippen MR) is 75.6 cm³/mol. The molecule has 1 aliphatic carbocycles. The van der Waals surface area contributed by atoms with Gasteiger partial charge in [0.05, 0.1) is 11.3 Å². The van der Waals surface area contributed by atoms with Crippen LogP contribution < -0.4 is 5.32 Å². The second-order valence-corrected chi connectivity index (χ2v) is 5.54. The minimum Gasteiger partial charge on any atom is -0.480 e. The largest absolute Gasteiger partial charge is 0.480 e. The number of carboxylic acids is 1. The van der Waals surface area contributed by atoms with E-state index in [4.69, 9.17) is 5.11 Å². The van der Waals surface area contributed by atoms with E-state index in [2.05, 4.69) is 10.4 Å². The van der Waals surface area contributed by atoms with Gasteiger partial charge in [-0.1, -0.05) is 6.07 Å². The number of alkyl halides is 3. The summed E-state index contributed by atoms with van der Waals surface area (Å²) < 4.78 is 39.3. The molecule has 0 spiro atoms. The molecule has 24 heavy (non-hydrogen) atoms. The first kappa shape index (κ1) is 16.0. The van der Waals surface area contributed by atoms with Gasteiger partial charge in [-0.2, -0.15) is 18.3 Å². The third kappa shape index (κ3) is 2.97. The van der Waals surface area contributed by atoms with Crippen molar-refractivity contribution in [3.05, 3.63) is 47.8 Å². The zero-order valence-electron chi connectivity index (χ0n) is 12.2. The maximum absolute atomic E-state index is 12.7. The summed E-state index contributed by atoms with van der Waals surface area (Å²) in [6.45, 7) is 0. The van der Waals surface area contributed by atoms with Crippen molar-refractivity contribution in [3.63, 3.8) is 0 Å². The molecule has 0 saturated heterocycles. The number of aliphatic carboxylic acids is 1. The number of amides is 1. The normalized spacial score (nSPS) is 15.8. The Kier molecular flexibility index (Phi) is 3.58. The van der Waals surface area contributed by atoms with Gasteiger partial charge in [0.15, 0.2) is 5.69 Å². The summed E-state index contributed by atoms with van der Waals surface area (Å²) >= 11 is 0. The average molecular weight is 339 g/mol. The number of carbonyl (C=O) groups excluding carboxylic acids is 1. The number of carboxylic acid groups (broad SMARTS) is 1. The van der Waals surface area contributed by atoms with Crippen molar-refractivity contribution < 1.29 is 27.9 Å². The number of carbonyl (C=O) groups is 2. The molecule has 2 N–H and O–H groups in total. The molecule has 0 bridgehead atoms. The summed E-state index contributed by atoms with van der Waals surface area (Å²) in [5, 5.41) is 15.4. The minimum atomic E-state index is -4.48. The molecule has 0 atom stereocenters. The zero-order chi connectivity index (χ0) is 17.5. The molecule has 2 aromatic rings. The fourth-order valence-electron chi connectivity index (χ4n) is 2.21. The van der Waals surface area contributed by atoms with E-state index in [0.717, 1.165) is 16.8 Å². The third-order valence-corrected chi connectivity index (χ3v) is 3.77. The number of nitrogens with one attached hydrogen (secondary N) is 1. The molecule has 1 amide bonds. The van der Waals surface area contributed by atoms with E-state index in [-0.39, 0.29) is 11.4 Å². The van der Waals surface area contributed by atoms with E-state index in [1.165, 1.54) is 24.4 Å². The van der Waals surface area contributed by atoms with Crippen LogP contribution in [0.4, 0.5) is 13.2 Å². The summed E-state index contributed by atoms with van der Waals surface area (Å²) in [6, 6.07) is 5.82. The van der Waals surface area contributed by atoms with E-state index in [1.807, 2.05) is 0 Å². The van der Waals surface area contributed by atoms with Crippen LogP contribution in [0.15, 0.2) is 36.5 Å². The van der Waals surface area contributed by atoms with Crippen molar-refractivity contribution in [1.29, 1.82) is 0 Å². The Morgan fingerprint density at radius 1 is 1.25 bits per heavy atom. The molecule has 0 unspecified atom stereocenters. The standard InChI is InChI=1S/C15H12F3N3O3/c16-15(17,18)9-2-1-3-10(8-9)21-7-4-11(20-21)12(22)19-14(5-6-14)13(23)24/h1-4,7-8H,5-6H2,(H,19,22)(H,23,24). The Morgan fingerprint density at radius 3 is 2.54 bits per heavy atom. The van der Waals surface area contributed by atoms with E-state index < -0.39 is 29.2 Å². The highest BCUT2D eigenvalue weighted by atomic mass is 19.4. The highest BCUT2D eigenvalue weighted by molar-refractivity contribution is 5.97. The van der Waals surface area contributed by atoms with Gasteiger partial charge in [-0.15, -0.1) is 0 Å². The molecule has 1 heterocycles. The lowest BCUT2D eigenvalue weighted by Crippen LogP contribution is -2.43. The van der Waals surface area contributed by atoms with Crippen LogP contribution in [0.1, 0.15) is 28.9 Å². The molecule has 1 aromatic carbocycles. The fraction of sp³-hybridized carbons (Fsp3) is 0.267. The van der Waals surface area contributed by atoms with Gasteiger partial charge < -0.3 is 10.4 Å². The smallest absolute Gasteiger partial charge is 0.416 e. The van der Waals surface area contributed by atoms with Crippen molar-refractivity contribution in [2.24, 2.45) is 0 Å². The quantitative estimate of drug-likeness (QED) is 0.895. The molecule has 0 aliphatic heterocycles. The topological polar surface area (TPSA) is 84.2 Å². The molecule has 9 heteroatoms. The van der Waals surface area contributed by atoms with Crippen LogP contribution in [0.3, 0.4) is 0 Å². The minimum absolute atomic E-state index is 0.0695. The first-order chi connectivity index (χ1) is 11.2. The molecule has 0 radical (unpaired) electrons. The molecular formula is C15H12F3N3O3. The van der Waals surface area contributed by atoms with E-state index in [0.29, 0.717) is 12.8 Å². The van der Waals surface area contributed by atoms with Crippen LogP contribution in [0.25, 0.3) is 5.69 Å². The second-order valence-electron chi connectivity index (χ2n) is 5.54. The molecule has 1 saturated carbocycles. The number of nitrogens with zero attached hydrogens (tertiary/aromatic N) is 2. The van der Waals surface area contributed by atoms with Crippen LogP contribution in [-0.4, -0.2) is 32.3 Å². The Bertz CT molecular complexity index is 810. The lowest BCUT2D eigenvalue weighted by atomic mass is 10.2. The van der Waals surface area contributed by atoms with Crippen LogP contribution in [-0.2, 0) is 11.0 Å². The molecule has 1 aromatic heterocycles. The van der Waals surface area contributed by atoms with Crippen LogP contribution in [0.2, 0.25) is 0 Å². The van der Waals surface area contributed by atoms with E-state index >= 15 is 0 Å². The van der Waals surface area contributed by atoms with Crippen LogP contribution >= 0.6 is 0 Å². The number of aromatic nitrogens is 2. The van der Waals surface area contributed by atoms with Gasteiger partial charge in [0, 0.05) is 6.20 Å². The van der Waals surface area contributed by atoms with Crippen LogP contribution in [0, 0.1) is 0 Å². The SMILES string of the molecule is O=C(NC1(C(=O)O)CC1)c1ccn(-c2cccc(C(F)(F)F)c2)n1. The summed E-state index contributed by atoms with van der Waals surface area (Å²) in [5.41, 5.74) is -2.01. The van der Waals surface area contributed by atoms with Gasteiger partial charge in [0.25, 0.3) is 5.91 Å². The Balaban J connectivity index is 1.81. The maximum Gasteiger partial charge on any atom is 0.416 e. The lowest BCUT2D eigenvalue weighted by Gasteiger charge is -2.11.